The van der Waals surface area contributed by atoms with Crippen LogP contribution in [0.25, 0.3) is 0 Å². The Bertz CT molecular complexity index is 172. The lowest BCUT2D eigenvalue weighted by Crippen LogP contribution is -1.78. The highest BCUT2D eigenvalue weighted by atomic mass is 32.2. The summed E-state index contributed by atoms with van der Waals surface area (Å²) in [5.41, 5.74) is 0. The monoisotopic (exact) mass is 156 g/mol. The van der Waals surface area contributed by atoms with Crippen molar-refractivity contribution in [2.45, 2.75) is 0 Å². The largest absolute Gasteiger partial charge is 0.273 e. The molecular formula is C6H4OS2. The van der Waals surface area contributed by atoms with Crippen LogP contribution < -0.4 is 0 Å². The van der Waals surface area contributed by atoms with E-state index in [1.807, 2.05) is 0 Å². The minimum atomic E-state index is -0.115. The second kappa shape index (κ2) is 5.62. The molecule has 1 nitrogen and oxygen atoms in total. The molecule has 0 amide bonds. The van der Waals surface area contributed by atoms with Gasteiger partial charge in [-0.15, -0.1) is 12.8 Å². The van der Waals surface area contributed by atoms with Gasteiger partial charge in [0.15, 0.2) is 0 Å². The number of thioether (sulfide) groups is 2. The van der Waals surface area contributed by atoms with Gasteiger partial charge in [-0.25, -0.2) is 0 Å². The number of hydrogen-bond acceptors (Lipinski definition) is 3. The van der Waals surface area contributed by atoms with Gasteiger partial charge in [0, 0.05) is 11.8 Å². The van der Waals surface area contributed by atoms with Crippen LogP contribution in [0.1, 0.15) is 0 Å². The first kappa shape index (κ1) is 8.49. The molecule has 0 aliphatic rings. The molecule has 0 bridgehead atoms. The fourth-order valence-electron chi connectivity index (χ4n) is 0.178. The number of carbonyl (C=O) groups excluding carboxylic acids is 1. The predicted molar refractivity (Wildman–Crippen MR) is 43.1 cm³/mol. The number of hydrogen-bond donors (Lipinski definition) is 0. The van der Waals surface area contributed by atoms with Gasteiger partial charge in [0.1, 0.15) is 0 Å². The van der Waals surface area contributed by atoms with Crippen molar-refractivity contribution in [2.75, 3.05) is 5.75 Å². The average molecular weight is 156 g/mol. The molecule has 0 unspecified atom stereocenters. The van der Waals surface area contributed by atoms with Crippen LogP contribution in [-0.2, 0) is 0 Å². The molecule has 0 heterocycles. The molecule has 0 aromatic rings. The van der Waals surface area contributed by atoms with Crippen molar-refractivity contribution >= 4 is 28.0 Å². The van der Waals surface area contributed by atoms with E-state index in [1.54, 1.807) is 0 Å². The van der Waals surface area contributed by atoms with E-state index in [4.69, 9.17) is 12.8 Å². The Labute approximate surface area is 63.0 Å². The standard InChI is InChI=1S/C6H4OS2/c1-3-5-9-6(7)8-4-2/h1-2H,5H2. The average Bonchev–Trinajstić information content (AvgIpc) is 1.85. The molecule has 0 aliphatic heterocycles. The SMILES string of the molecule is C#CCSC(=O)SC#C. The molecule has 0 aliphatic carbocycles. The molecule has 0 fully saturated rings. The maximum absolute atomic E-state index is 10.5. The predicted octanol–water partition coefficient (Wildman–Crippen LogP) is 1.80. The van der Waals surface area contributed by atoms with Gasteiger partial charge in [-0.05, 0) is 5.25 Å². The zero-order valence-electron chi connectivity index (χ0n) is 4.59. The third-order valence-electron chi connectivity index (χ3n) is 0.416. The second-order valence-electron chi connectivity index (χ2n) is 0.963. The van der Waals surface area contributed by atoms with Crippen molar-refractivity contribution < 1.29 is 4.79 Å². The van der Waals surface area contributed by atoms with Gasteiger partial charge < -0.3 is 0 Å². The number of carbonyl (C=O) groups is 1. The first-order chi connectivity index (χ1) is 4.31. The second-order valence-corrected chi connectivity index (χ2v) is 2.98. The lowest BCUT2D eigenvalue weighted by Gasteiger charge is -1.85. The Morgan fingerprint density at radius 1 is 1.56 bits per heavy atom. The summed E-state index contributed by atoms with van der Waals surface area (Å²) < 4.78 is -0.115. The van der Waals surface area contributed by atoms with E-state index in [0.717, 1.165) is 23.5 Å². The summed E-state index contributed by atoms with van der Waals surface area (Å²) in [5, 5.41) is 2.15. The number of rotatable bonds is 1. The van der Waals surface area contributed by atoms with E-state index in [9.17, 15) is 4.79 Å². The first-order valence-electron chi connectivity index (χ1n) is 2.04. The van der Waals surface area contributed by atoms with Crippen molar-refractivity contribution in [1.29, 1.82) is 0 Å². The maximum atomic E-state index is 10.5. The Kier molecular flexibility index (Phi) is 5.30. The lowest BCUT2D eigenvalue weighted by atomic mass is 10.8. The zero-order valence-corrected chi connectivity index (χ0v) is 6.22. The van der Waals surface area contributed by atoms with Crippen LogP contribution in [0, 0.1) is 24.0 Å². The molecule has 0 aromatic heterocycles. The van der Waals surface area contributed by atoms with Gasteiger partial charge in [0.05, 0.1) is 5.75 Å². The van der Waals surface area contributed by atoms with Crippen LogP contribution in [0.4, 0.5) is 4.79 Å². The molecule has 0 saturated heterocycles. The Morgan fingerprint density at radius 2 is 2.22 bits per heavy atom. The smallest absolute Gasteiger partial charge is 0.259 e. The van der Waals surface area contributed by atoms with Crippen molar-refractivity contribution in [3.05, 3.63) is 0 Å². The summed E-state index contributed by atoms with van der Waals surface area (Å²) in [6.45, 7) is 0. The van der Waals surface area contributed by atoms with E-state index in [-0.39, 0.29) is 4.45 Å². The first-order valence-corrected chi connectivity index (χ1v) is 3.84. The molecule has 0 aromatic carbocycles. The zero-order chi connectivity index (χ0) is 7.11. The minimum Gasteiger partial charge on any atom is -0.273 e. The molecular weight excluding hydrogens is 152 g/mol. The van der Waals surface area contributed by atoms with E-state index in [0.29, 0.717) is 5.75 Å². The normalized spacial score (nSPS) is 7.33. The van der Waals surface area contributed by atoms with Crippen molar-refractivity contribution in [3.63, 3.8) is 0 Å². The van der Waals surface area contributed by atoms with Gasteiger partial charge in [-0.2, -0.15) is 0 Å². The summed E-state index contributed by atoms with van der Waals surface area (Å²) >= 11 is 1.87. The van der Waals surface area contributed by atoms with Crippen molar-refractivity contribution in [1.82, 2.24) is 0 Å². The van der Waals surface area contributed by atoms with Crippen LogP contribution in [-0.4, -0.2) is 10.2 Å². The van der Waals surface area contributed by atoms with E-state index < -0.39 is 0 Å². The molecule has 46 valence electrons. The van der Waals surface area contributed by atoms with Crippen LogP contribution in [0.2, 0.25) is 0 Å². The Balaban J connectivity index is 3.33. The molecule has 3 heteroatoms. The van der Waals surface area contributed by atoms with Crippen LogP contribution in [0.5, 0.6) is 0 Å². The van der Waals surface area contributed by atoms with Gasteiger partial charge in [-0.1, -0.05) is 17.7 Å². The highest BCUT2D eigenvalue weighted by Gasteiger charge is 1.97. The molecule has 0 radical (unpaired) electrons. The van der Waals surface area contributed by atoms with Gasteiger partial charge >= 0.3 is 0 Å². The van der Waals surface area contributed by atoms with E-state index in [2.05, 4.69) is 11.2 Å². The fourth-order valence-corrected chi connectivity index (χ4v) is 1.03. The lowest BCUT2D eigenvalue weighted by molar-refractivity contribution is 0.277. The number of terminal acetylenes is 2. The Hall–Kier alpha value is -0.510. The van der Waals surface area contributed by atoms with Crippen molar-refractivity contribution in [2.24, 2.45) is 0 Å². The minimum absolute atomic E-state index is 0.115. The van der Waals surface area contributed by atoms with Gasteiger partial charge in [-0.3, -0.25) is 4.79 Å². The van der Waals surface area contributed by atoms with E-state index >= 15 is 0 Å². The molecule has 0 rings (SSSR count). The van der Waals surface area contributed by atoms with E-state index in [1.165, 1.54) is 0 Å². The van der Waals surface area contributed by atoms with Gasteiger partial charge in [0.2, 0.25) is 0 Å². The van der Waals surface area contributed by atoms with Crippen molar-refractivity contribution in [3.8, 4) is 24.0 Å². The Morgan fingerprint density at radius 3 is 2.67 bits per heavy atom. The third-order valence-corrected chi connectivity index (χ3v) is 1.85. The quantitative estimate of drug-likeness (QED) is 0.539. The van der Waals surface area contributed by atoms with Crippen LogP contribution in [0.15, 0.2) is 0 Å². The summed E-state index contributed by atoms with van der Waals surface area (Å²) in [5.74, 6) is 2.71. The summed E-state index contributed by atoms with van der Waals surface area (Å²) in [7, 11) is 0. The highest BCUT2D eigenvalue weighted by molar-refractivity contribution is 8.40. The van der Waals surface area contributed by atoms with Crippen LogP contribution in [0.3, 0.4) is 0 Å². The third kappa shape index (κ3) is 5.36. The molecule has 0 N–H and O–H groups in total. The highest BCUT2D eigenvalue weighted by Crippen LogP contribution is 2.13. The van der Waals surface area contributed by atoms with Gasteiger partial charge in [0.25, 0.3) is 4.45 Å². The molecule has 9 heavy (non-hydrogen) atoms. The maximum Gasteiger partial charge on any atom is 0.259 e. The topological polar surface area (TPSA) is 17.1 Å². The van der Waals surface area contributed by atoms with Crippen LogP contribution >= 0.6 is 23.5 Å². The molecule has 0 saturated carbocycles. The summed E-state index contributed by atoms with van der Waals surface area (Å²) in [6.07, 6.45) is 9.72. The molecule has 0 atom stereocenters. The fraction of sp³-hybridized carbons (Fsp3) is 0.167. The summed E-state index contributed by atoms with van der Waals surface area (Å²) in [6, 6.07) is 0. The molecule has 0 spiro atoms. The summed E-state index contributed by atoms with van der Waals surface area (Å²) in [4.78, 5) is 10.5.